The summed E-state index contributed by atoms with van der Waals surface area (Å²) >= 11 is 1.62. The van der Waals surface area contributed by atoms with E-state index in [1.54, 1.807) is 11.3 Å². The van der Waals surface area contributed by atoms with Crippen LogP contribution < -0.4 is 9.80 Å². The molecule has 0 N–H and O–H groups in total. The zero-order valence-corrected chi connectivity index (χ0v) is 18.0. The lowest BCUT2D eigenvalue weighted by molar-refractivity contribution is -0.169. The van der Waals surface area contributed by atoms with Gasteiger partial charge in [0.15, 0.2) is 11.4 Å². The van der Waals surface area contributed by atoms with Crippen LogP contribution in [0.1, 0.15) is 19.3 Å². The Bertz CT molecular complexity index is 1080. The molecule has 0 bridgehead atoms. The topological polar surface area (TPSA) is 63.6 Å². The third-order valence-electron chi connectivity index (χ3n) is 6.39. The van der Waals surface area contributed by atoms with Crippen molar-refractivity contribution in [1.29, 1.82) is 0 Å². The monoisotopic (exact) mass is 441 g/mol. The molecule has 0 radical (unpaired) electrons. The Morgan fingerprint density at radius 1 is 1.03 bits per heavy atom. The highest BCUT2D eigenvalue weighted by molar-refractivity contribution is 7.21. The van der Waals surface area contributed by atoms with Gasteiger partial charge in [0.1, 0.15) is 17.0 Å². The number of nitrogens with zero attached hydrogens (tertiary/aromatic N) is 5. The van der Waals surface area contributed by atoms with Gasteiger partial charge in [0, 0.05) is 44.2 Å². The van der Waals surface area contributed by atoms with Crippen LogP contribution in [0.3, 0.4) is 0 Å². The summed E-state index contributed by atoms with van der Waals surface area (Å²) in [6.07, 6.45) is 5.30. The summed E-state index contributed by atoms with van der Waals surface area (Å²) in [4.78, 5) is 18.2. The largest absolute Gasteiger partial charge is 0.370 e. The van der Waals surface area contributed by atoms with Gasteiger partial charge in [-0.3, -0.25) is 0 Å². The molecule has 31 heavy (non-hydrogen) atoms. The molecule has 0 aromatic carbocycles. The first-order chi connectivity index (χ1) is 15.2. The van der Waals surface area contributed by atoms with Crippen molar-refractivity contribution in [2.24, 2.45) is 0 Å². The number of halogens is 1. The van der Waals surface area contributed by atoms with Crippen LogP contribution in [0.2, 0.25) is 0 Å². The van der Waals surface area contributed by atoms with E-state index in [0.717, 1.165) is 64.9 Å². The molecule has 3 aromatic heterocycles. The highest BCUT2D eigenvalue weighted by Crippen LogP contribution is 2.35. The molecule has 0 aliphatic carbocycles. The molecule has 162 valence electrons. The van der Waals surface area contributed by atoms with Crippen molar-refractivity contribution in [2.45, 2.75) is 31.2 Å². The van der Waals surface area contributed by atoms with Crippen LogP contribution in [0.15, 0.2) is 30.6 Å². The summed E-state index contributed by atoms with van der Waals surface area (Å²) in [5, 5.41) is 0.897. The average molecular weight is 442 g/mol. The molecule has 1 spiro atoms. The number of ether oxygens (including phenoxy) is 2. The Labute approximate surface area is 183 Å². The second-order valence-corrected chi connectivity index (χ2v) is 9.40. The fraction of sp³-hybridized carbons (Fsp3) is 0.500. The molecule has 7 nitrogen and oxygen atoms in total. The third-order valence-corrected chi connectivity index (χ3v) is 7.43. The minimum atomic E-state index is -0.755. The van der Waals surface area contributed by atoms with E-state index in [9.17, 15) is 4.39 Å². The van der Waals surface area contributed by atoms with Crippen molar-refractivity contribution >= 4 is 33.2 Å². The van der Waals surface area contributed by atoms with E-state index >= 15 is 0 Å². The number of rotatable bonds is 3. The average Bonchev–Trinajstić information content (AvgIpc) is 3.54. The molecule has 3 aliphatic rings. The van der Waals surface area contributed by atoms with E-state index in [1.807, 2.05) is 29.4 Å². The normalized spacial score (nSPS) is 23.3. The summed E-state index contributed by atoms with van der Waals surface area (Å²) in [6.45, 7) is 4.32. The number of piperidine rings is 1. The van der Waals surface area contributed by atoms with E-state index in [2.05, 4.69) is 20.9 Å². The van der Waals surface area contributed by atoms with Gasteiger partial charge in [-0.05, 0) is 24.6 Å². The van der Waals surface area contributed by atoms with E-state index in [1.165, 1.54) is 0 Å². The number of pyridine rings is 2. The summed E-state index contributed by atoms with van der Waals surface area (Å²) in [6, 6.07) is 6.14. The Kier molecular flexibility index (Phi) is 4.77. The first-order valence-electron chi connectivity index (χ1n) is 10.8. The predicted molar refractivity (Wildman–Crippen MR) is 118 cm³/mol. The Balaban J connectivity index is 1.19. The molecule has 0 unspecified atom stereocenters. The Morgan fingerprint density at radius 3 is 2.58 bits per heavy atom. The Hall–Kier alpha value is -2.36. The molecule has 3 fully saturated rings. The van der Waals surface area contributed by atoms with Crippen LogP contribution in [0, 0.1) is 0 Å². The van der Waals surface area contributed by atoms with Crippen LogP contribution in [-0.4, -0.2) is 66.3 Å². The lowest BCUT2D eigenvalue weighted by atomic mass is 10.0. The molecular weight excluding hydrogens is 417 g/mol. The number of thiazole rings is 1. The maximum absolute atomic E-state index is 13.5. The summed E-state index contributed by atoms with van der Waals surface area (Å²) in [7, 11) is 0. The number of fused-ring (bicyclic) bond motifs is 1. The maximum Gasteiger partial charge on any atom is 0.171 e. The maximum atomic E-state index is 13.5. The molecule has 9 heteroatoms. The van der Waals surface area contributed by atoms with Crippen LogP contribution in [0.5, 0.6) is 0 Å². The van der Waals surface area contributed by atoms with Gasteiger partial charge in [-0.1, -0.05) is 0 Å². The highest BCUT2D eigenvalue weighted by Gasteiger charge is 2.39. The summed E-state index contributed by atoms with van der Waals surface area (Å²) in [5.41, 5.74) is 2.82. The second-order valence-electron chi connectivity index (χ2n) is 8.37. The molecule has 3 saturated heterocycles. The number of anilines is 2. The molecule has 0 amide bonds. The molecule has 6 heterocycles. The van der Waals surface area contributed by atoms with Crippen molar-refractivity contribution in [3.05, 3.63) is 30.6 Å². The van der Waals surface area contributed by atoms with Crippen LogP contribution in [0.25, 0.3) is 20.9 Å². The van der Waals surface area contributed by atoms with Gasteiger partial charge in [0.2, 0.25) is 0 Å². The van der Waals surface area contributed by atoms with Gasteiger partial charge in [0.05, 0.1) is 36.3 Å². The minimum absolute atomic E-state index is 0.370. The molecule has 3 aromatic rings. The molecule has 6 rings (SSSR count). The van der Waals surface area contributed by atoms with E-state index in [-0.39, 0.29) is 5.79 Å². The van der Waals surface area contributed by atoms with Crippen molar-refractivity contribution in [3.63, 3.8) is 0 Å². The standard InChI is InChI=1S/C22H24FN5O2S/c23-16-3-6-28(14-16)19-2-1-15(12-24-19)21-26-20-18(31-21)11-17(13-25-20)27-7-4-22(5-8-27)29-9-10-30-22/h1-2,11-13,16H,3-10,14H2/t16-/m1/s1. The summed E-state index contributed by atoms with van der Waals surface area (Å²) in [5.74, 6) is 0.453. The molecule has 0 saturated carbocycles. The molecule has 1 atom stereocenters. The first-order valence-corrected chi connectivity index (χ1v) is 11.6. The fourth-order valence-corrected chi connectivity index (χ4v) is 5.57. The molecular formula is C22H24FN5O2S. The van der Waals surface area contributed by atoms with Crippen molar-refractivity contribution < 1.29 is 13.9 Å². The quantitative estimate of drug-likeness (QED) is 0.615. The minimum Gasteiger partial charge on any atom is -0.370 e. The van der Waals surface area contributed by atoms with Crippen molar-refractivity contribution in [3.8, 4) is 10.6 Å². The third kappa shape index (κ3) is 3.64. The zero-order valence-electron chi connectivity index (χ0n) is 17.2. The Morgan fingerprint density at radius 2 is 1.87 bits per heavy atom. The number of alkyl halides is 1. The lowest BCUT2D eigenvalue weighted by Crippen LogP contribution is -2.45. The van der Waals surface area contributed by atoms with Gasteiger partial charge in [-0.2, -0.15) is 0 Å². The van der Waals surface area contributed by atoms with Gasteiger partial charge in [-0.15, -0.1) is 11.3 Å². The number of aromatic nitrogens is 3. The molecule has 3 aliphatic heterocycles. The predicted octanol–water partition coefficient (Wildman–Crippen LogP) is 3.64. The second kappa shape index (κ2) is 7.65. The van der Waals surface area contributed by atoms with Gasteiger partial charge in [-0.25, -0.2) is 19.3 Å². The fourth-order valence-electron chi connectivity index (χ4n) is 4.62. The van der Waals surface area contributed by atoms with Gasteiger partial charge in [0.25, 0.3) is 0 Å². The zero-order chi connectivity index (χ0) is 20.8. The number of hydrogen-bond donors (Lipinski definition) is 0. The SMILES string of the molecule is F[C@@H]1CCN(c2ccc(-c3nc4ncc(N5CCC6(CC5)OCCO6)cc4s3)cn2)C1. The summed E-state index contributed by atoms with van der Waals surface area (Å²) < 4.78 is 26.2. The number of hydrogen-bond acceptors (Lipinski definition) is 8. The lowest BCUT2D eigenvalue weighted by Gasteiger charge is -2.38. The van der Waals surface area contributed by atoms with Crippen LogP contribution in [0.4, 0.5) is 15.9 Å². The van der Waals surface area contributed by atoms with Crippen LogP contribution in [-0.2, 0) is 9.47 Å². The van der Waals surface area contributed by atoms with E-state index < -0.39 is 6.17 Å². The first kappa shape index (κ1) is 19.3. The smallest absolute Gasteiger partial charge is 0.171 e. The van der Waals surface area contributed by atoms with Crippen molar-refractivity contribution in [1.82, 2.24) is 15.0 Å². The van der Waals surface area contributed by atoms with Crippen molar-refractivity contribution in [2.75, 3.05) is 49.2 Å². The highest BCUT2D eigenvalue weighted by atomic mass is 32.1. The van der Waals surface area contributed by atoms with Gasteiger partial charge < -0.3 is 19.3 Å². The van der Waals surface area contributed by atoms with Gasteiger partial charge >= 0.3 is 0 Å². The van der Waals surface area contributed by atoms with E-state index in [4.69, 9.17) is 14.5 Å². The van der Waals surface area contributed by atoms with Crippen LogP contribution >= 0.6 is 11.3 Å². The van der Waals surface area contributed by atoms with E-state index in [0.29, 0.717) is 26.2 Å².